The molecule has 2 N–H and O–H groups in total. The maximum Gasteiger partial charge on any atom is 0.336 e. The number of rotatable bonds is 3. The topological polar surface area (TPSA) is 81.1 Å². The molecule has 0 aromatic heterocycles. The van der Waals surface area contributed by atoms with Crippen LogP contribution >= 0.6 is 0 Å². The molecule has 2 fully saturated rings. The van der Waals surface area contributed by atoms with Crippen LogP contribution in [0.1, 0.15) is 46.4 Å². The predicted octanol–water partition coefficient (Wildman–Crippen LogP) is 2.18. The number of carboxylic acids is 2. The number of benzene rings is 1. The zero-order valence-electron chi connectivity index (χ0n) is 12.6. The Hall–Kier alpha value is -1.92. The third-order valence-electron chi connectivity index (χ3n) is 3.95. The van der Waals surface area contributed by atoms with E-state index in [1.807, 2.05) is 0 Å². The molecule has 0 atom stereocenters. The summed E-state index contributed by atoms with van der Waals surface area (Å²) in [7, 11) is 0. The summed E-state index contributed by atoms with van der Waals surface area (Å²) < 4.78 is 0. The van der Waals surface area contributed by atoms with E-state index in [1.54, 1.807) is 0 Å². The minimum Gasteiger partial charge on any atom is -0.478 e. The van der Waals surface area contributed by atoms with E-state index in [2.05, 4.69) is 10.0 Å². The van der Waals surface area contributed by atoms with Crippen LogP contribution in [0.4, 0.5) is 0 Å². The van der Waals surface area contributed by atoms with Crippen molar-refractivity contribution in [3.63, 3.8) is 0 Å². The lowest BCUT2D eigenvalue weighted by atomic mass is 10.1. The third kappa shape index (κ3) is 4.29. The average molecular weight is 306 g/mol. The van der Waals surface area contributed by atoms with Crippen molar-refractivity contribution in [1.82, 2.24) is 10.0 Å². The monoisotopic (exact) mass is 306 g/mol. The molecule has 0 spiro atoms. The Labute approximate surface area is 129 Å². The molecule has 0 radical (unpaired) electrons. The molecule has 1 aromatic rings. The summed E-state index contributed by atoms with van der Waals surface area (Å²) in [5, 5.41) is 22.2. The first kappa shape index (κ1) is 16.5. The first-order valence-corrected chi connectivity index (χ1v) is 7.65. The van der Waals surface area contributed by atoms with Crippen LogP contribution in [0.3, 0.4) is 0 Å². The van der Waals surface area contributed by atoms with E-state index in [-0.39, 0.29) is 11.1 Å². The predicted molar refractivity (Wildman–Crippen MR) is 82.0 cm³/mol. The Bertz CT molecular complexity index is 474. The average Bonchev–Trinajstić information content (AvgIpc) is 3.20. The maximum absolute atomic E-state index is 10.5. The smallest absolute Gasteiger partial charge is 0.336 e. The number of hydrogen-bond acceptors (Lipinski definition) is 4. The summed E-state index contributed by atoms with van der Waals surface area (Å²) in [5.74, 6) is -2.46. The van der Waals surface area contributed by atoms with E-state index in [4.69, 9.17) is 10.2 Å². The second-order valence-corrected chi connectivity index (χ2v) is 5.48. The fourth-order valence-corrected chi connectivity index (χ4v) is 2.82. The van der Waals surface area contributed by atoms with Gasteiger partial charge >= 0.3 is 11.9 Å². The van der Waals surface area contributed by atoms with Crippen LogP contribution in [0.25, 0.3) is 0 Å². The van der Waals surface area contributed by atoms with Gasteiger partial charge in [0.2, 0.25) is 0 Å². The molecule has 2 aliphatic heterocycles. The van der Waals surface area contributed by atoms with E-state index >= 15 is 0 Å². The van der Waals surface area contributed by atoms with E-state index in [9.17, 15) is 9.59 Å². The van der Waals surface area contributed by atoms with E-state index in [0.29, 0.717) is 0 Å². The van der Waals surface area contributed by atoms with Gasteiger partial charge in [-0.2, -0.15) is 0 Å². The largest absolute Gasteiger partial charge is 0.478 e. The fourth-order valence-electron chi connectivity index (χ4n) is 2.82. The van der Waals surface area contributed by atoms with Gasteiger partial charge in [-0.25, -0.2) is 19.6 Å². The third-order valence-corrected chi connectivity index (χ3v) is 3.95. The van der Waals surface area contributed by atoms with Crippen molar-refractivity contribution >= 4 is 11.9 Å². The molecule has 3 rings (SSSR count). The van der Waals surface area contributed by atoms with Gasteiger partial charge in [0.1, 0.15) is 0 Å². The lowest BCUT2D eigenvalue weighted by molar-refractivity contribution is 0.0220. The zero-order valence-corrected chi connectivity index (χ0v) is 12.6. The van der Waals surface area contributed by atoms with Crippen molar-refractivity contribution in [3.8, 4) is 0 Å². The molecular formula is C16H22N2O4. The van der Waals surface area contributed by atoms with Crippen LogP contribution in [0.15, 0.2) is 24.3 Å². The summed E-state index contributed by atoms with van der Waals surface area (Å²) in [6.07, 6.45) is 5.65. The van der Waals surface area contributed by atoms with E-state index in [1.165, 1.54) is 76.1 Å². The number of nitrogens with zero attached hydrogens (tertiary/aromatic N) is 2. The number of hydrazine groups is 1. The summed E-state index contributed by atoms with van der Waals surface area (Å²) in [5.41, 5.74) is -0.380. The number of carbonyl (C=O) groups is 2. The van der Waals surface area contributed by atoms with E-state index in [0.717, 1.165) is 0 Å². The number of hydrogen-bond donors (Lipinski definition) is 2. The van der Waals surface area contributed by atoms with E-state index < -0.39 is 11.9 Å². The van der Waals surface area contributed by atoms with Gasteiger partial charge < -0.3 is 10.2 Å². The van der Waals surface area contributed by atoms with Crippen molar-refractivity contribution in [3.05, 3.63) is 35.4 Å². The molecule has 2 aliphatic rings. The molecule has 0 saturated carbocycles. The highest BCUT2D eigenvalue weighted by Crippen LogP contribution is 2.16. The summed E-state index contributed by atoms with van der Waals surface area (Å²) in [4.78, 5) is 20.9. The normalized spacial score (nSPS) is 18.7. The second-order valence-electron chi connectivity index (χ2n) is 5.48. The standard InChI is InChI=1S/C8H16N2.C8H6O4/c1-2-6-9(5-1)10-7-3-4-8-10;9-7(10)5-3-1-2-4-6(5)8(11)12/h1-8H2;1-4H,(H,9,10)(H,11,12). The molecule has 0 bridgehead atoms. The molecule has 0 aliphatic carbocycles. The number of carboxylic acid groups (broad SMARTS) is 2. The van der Waals surface area contributed by atoms with Crippen LogP contribution in [0.5, 0.6) is 0 Å². The van der Waals surface area contributed by atoms with Gasteiger partial charge in [-0.1, -0.05) is 12.1 Å². The molecular weight excluding hydrogens is 284 g/mol. The fraction of sp³-hybridized carbons (Fsp3) is 0.500. The highest BCUT2D eigenvalue weighted by molar-refractivity contribution is 6.01. The number of aromatic carboxylic acids is 2. The van der Waals surface area contributed by atoms with Crippen LogP contribution in [0, 0.1) is 0 Å². The van der Waals surface area contributed by atoms with Crippen LogP contribution in [-0.4, -0.2) is 58.3 Å². The van der Waals surface area contributed by atoms with Gasteiger partial charge in [-0.05, 0) is 37.8 Å². The molecule has 120 valence electrons. The molecule has 1 aromatic carbocycles. The Morgan fingerprint density at radius 2 is 1.05 bits per heavy atom. The first-order chi connectivity index (χ1) is 10.6. The van der Waals surface area contributed by atoms with Gasteiger partial charge in [0.15, 0.2) is 0 Å². The van der Waals surface area contributed by atoms with Crippen LogP contribution in [-0.2, 0) is 0 Å². The lowest BCUT2D eigenvalue weighted by Gasteiger charge is -2.26. The Balaban J connectivity index is 0.000000162. The Kier molecular flexibility index (Phi) is 5.91. The molecule has 0 unspecified atom stereocenters. The molecule has 6 nitrogen and oxygen atoms in total. The van der Waals surface area contributed by atoms with Gasteiger partial charge in [0.25, 0.3) is 0 Å². The van der Waals surface area contributed by atoms with Crippen molar-refractivity contribution in [2.75, 3.05) is 26.2 Å². The second kappa shape index (κ2) is 7.91. The van der Waals surface area contributed by atoms with Crippen molar-refractivity contribution in [1.29, 1.82) is 0 Å². The summed E-state index contributed by atoms with van der Waals surface area (Å²) in [6, 6.07) is 5.48. The SMILES string of the molecule is C1CCN(N2CCCC2)C1.O=C(O)c1ccccc1C(=O)O. The zero-order chi connectivity index (χ0) is 15.9. The van der Waals surface area contributed by atoms with Gasteiger partial charge in [0.05, 0.1) is 11.1 Å². The van der Waals surface area contributed by atoms with Crippen LogP contribution in [0.2, 0.25) is 0 Å². The van der Waals surface area contributed by atoms with Crippen LogP contribution < -0.4 is 0 Å². The van der Waals surface area contributed by atoms with Crippen molar-refractivity contribution in [2.24, 2.45) is 0 Å². The molecule has 2 heterocycles. The summed E-state index contributed by atoms with van der Waals surface area (Å²) >= 11 is 0. The minimum atomic E-state index is -1.23. The van der Waals surface area contributed by atoms with Crippen molar-refractivity contribution < 1.29 is 19.8 Å². The molecule has 2 saturated heterocycles. The Morgan fingerprint density at radius 1 is 0.727 bits per heavy atom. The molecule has 22 heavy (non-hydrogen) atoms. The minimum absolute atomic E-state index is 0.190. The highest BCUT2D eigenvalue weighted by Gasteiger charge is 2.21. The van der Waals surface area contributed by atoms with Gasteiger partial charge in [0, 0.05) is 26.2 Å². The van der Waals surface area contributed by atoms with Gasteiger partial charge in [-0.3, -0.25) is 0 Å². The first-order valence-electron chi connectivity index (χ1n) is 7.65. The molecule has 6 heteroatoms. The van der Waals surface area contributed by atoms with Crippen molar-refractivity contribution in [2.45, 2.75) is 25.7 Å². The maximum atomic E-state index is 10.5. The molecule has 0 amide bonds. The Morgan fingerprint density at radius 3 is 1.32 bits per heavy atom. The summed E-state index contributed by atoms with van der Waals surface area (Å²) in [6.45, 7) is 5.28. The van der Waals surface area contributed by atoms with Gasteiger partial charge in [-0.15, -0.1) is 0 Å². The highest BCUT2D eigenvalue weighted by atomic mass is 16.4. The lowest BCUT2D eigenvalue weighted by Crippen LogP contribution is -2.38. The quantitative estimate of drug-likeness (QED) is 0.891.